The second kappa shape index (κ2) is 8.11. The quantitative estimate of drug-likeness (QED) is 0.731. The van der Waals surface area contributed by atoms with Gasteiger partial charge in [0.05, 0.1) is 12.8 Å². The van der Waals surface area contributed by atoms with Gasteiger partial charge in [0.25, 0.3) is 5.91 Å². The molecular weight excluding hydrogens is 370 g/mol. The van der Waals surface area contributed by atoms with Gasteiger partial charge in [0.2, 0.25) is 5.91 Å². The number of hydrogen-bond donors (Lipinski definition) is 1. The number of imide groups is 1. The fraction of sp³-hybridized carbons (Fsp3) is 0.409. The Bertz CT molecular complexity index is 873. The fourth-order valence-electron chi connectivity index (χ4n) is 4.19. The molecule has 4 amide bonds. The molecular formula is C22H25N3O4. The van der Waals surface area contributed by atoms with Crippen LogP contribution in [0.15, 0.2) is 53.1 Å². The van der Waals surface area contributed by atoms with Gasteiger partial charge in [-0.15, -0.1) is 0 Å². The zero-order valence-corrected chi connectivity index (χ0v) is 16.3. The Kier molecular flexibility index (Phi) is 5.38. The van der Waals surface area contributed by atoms with E-state index in [1.807, 2.05) is 36.4 Å². The van der Waals surface area contributed by atoms with E-state index in [1.54, 1.807) is 17.2 Å². The van der Waals surface area contributed by atoms with Crippen LogP contribution in [0.5, 0.6) is 0 Å². The molecule has 29 heavy (non-hydrogen) atoms. The van der Waals surface area contributed by atoms with Gasteiger partial charge in [-0.25, -0.2) is 4.79 Å². The average Bonchev–Trinajstić information content (AvgIpc) is 3.45. The number of rotatable bonds is 7. The van der Waals surface area contributed by atoms with Crippen LogP contribution < -0.4 is 5.32 Å². The molecule has 0 unspecified atom stereocenters. The first-order valence-electron chi connectivity index (χ1n) is 10.1. The summed E-state index contributed by atoms with van der Waals surface area (Å²) in [6, 6.07) is 12.9. The van der Waals surface area contributed by atoms with Gasteiger partial charge in [-0.2, -0.15) is 0 Å². The number of urea groups is 1. The van der Waals surface area contributed by atoms with Crippen LogP contribution in [0.2, 0.25) is 0 Å². The molecule has 2 fully saturated rings. The van der Waals surface area contributed by atoms with E-state index in [0.29, 0.717) is 31.7 Å². The summed E-state index contributed by atoms with van der Waals surface area (Å²) in [6.07, 6.45) is 4.90. The van der Waals surface area contributed by atoms with E-state index >= 15 is 0 Å². The van der Waals surface area contributed by atoms with Crippen LogP contribution in [-0.4, -0.2) is 39.7 Å². The molecule has 1 aromatic carbocycles. The molecule has 152 valence electrons. The Labute approximate surface area is 169 Å². The molecule has 2 aromatic rings. The molecule has 1 spiro atoms. The van der Waals surface area contributed by atoms with Crippen molar-refractivity contribution in [1.82, 2.24) is 15.1 Å². The highest BCUT2D eigenvalue weighted by molar-refractivity contribution is 6.07. The molecule has 0 radical (unpaired) electrons. The topological polar surface area (TPSA) is 82.9 Å². The van der Waals surface area contributed by atoms with Crippen LogP contribution in [0.4, 0.5) is 4.79 Å². The van der Waals surface area contributed by atoms with Crippen molar-refractivity contribution in [3.05, 3.63) is 60.1 Å². The number of nitrogens with one attached hydrogen (secondary N) is 1. The first-order valence-corrected chi connectivity index (χ1v) is 10.1. The number of carbonyl (C=O) groups excluding carboxylic acids is 3. The lowest BCUT2D eigenvalue weighted by Crippen LogP contribution is -2.44. The Hall–Kier alpha value is -3.09. The van der Waals surface area contributed by atoms with Gasteiger partial charge in [-0.3, -0.25) is 14.5 Å². The lowest BCUT2D eigenvalue weighted by Gasteiger charge is -2.23. The van der Waals surface area contributed by atoms with Gasteiger partial charge in [-0.1, -0.05) is 43.2 Å². The normalized spacial score (nSPS) is 17.7. The van der Waals surface area contributed by atoms with Crippen molar-refractivity contribution in [2.24, 2.45) is 0 Å². The lowest BCUT2D eigenvalue weighted by molar-refractivity contribution is -0.134. The van der Waals surface area contributed by atoms with Crippen LogP contribution in [0.25, 0.3) is 0 Å². The third kappa shape index (κ3) is 4.04. The molecule has 7 nitrogen and oxygen atoms in total. The number of hydrogen-bond acceptors (Lipinski definition) is 4. The number of carbonyl (C=O) groups is 3. The van der Waals surface area contributed by atoms with Crippen LogP contribution in [-0.2, 0) is 22.7 Å². The second-order valence-electron chi connectivity index (χ2n) is 7.74. The van der Waals surface area contributed by atoms with Crippen LogP contribution in [0.3, 0.4) is 0 Å². The Morgan fingerprint density at radius 3 is 2.52 bits per heavy atom. The number of amides is 4. The highest BCUT2D eigenvalue weighted by atomic mass is 16.3. The molecule has 0 bridgehead atoms. The molecule has 1 aromatic heterocycles. The minimum Gasteiger partial charge on any atom is -0.467 e. The van der Waals surface area contributed by atoms with Crippen molar-refractivity contribution in [3.8, 4) is 0 Å². The molecule has 1 saturated carbocycles. The minimum atomic E-state index is -0.738. The predicted molar refractivity (Wildman–Crippen MR) is 105 cm³/mol. The van der Waals surface area contributed by atoms with Crippen molar-refractivity contribution in [2.75, 3.05) is 6.54 Å². The van der Waals surface area contributed by atoms with E-state index < -0.39 is 5.54 Å². The maximum Gasteiger partial charge on any atom is 0.325 e. The minimum absolute atomic E-state index is 0.0861. The fourth-order valence-corrected chi connectivity index (χ4v) is 4.19. The lowest BCUT2D eigenvalue weighted by atomic mass is 9.98. The first kappa shape index (κ1) is 19.2. The molecule has 0 atom stereocenters. The van der Waals surface area contributed by atoms with Crippen molar-refractivity contribution >= 4 is 17.8 Å². The van der Waals surface area contributed by atoms with Gasteiger partial charge in [0, 0.05) is 19.5 Å². The summed E-state index contributed by atoms with van der Waals surface area (Å²) in [7, 11) is 0. The second-order valence-corrected chi connectivity index (χ2v) is 7.74. The largest absolute Gasteiger partial charge is 0.467 e. The highest BCUT2D eigenvalue weighted by Crippen LogP contribution is 2.35. The van der Waals surface area contributed by atoms with Gasteiger partial charge in [-0.05, 0) is 30.5 Å². The standard InChI is InChI=1S/C22H25N3O4/c26-19(10-13-25-20(27)22(23-21(25)28)11-4-5-12-22)24(16-18-9-6-14-29-18)15-17-7-2-1-3-8-17/h1-3,6-9,14H,4-5,10-13,15-16H2,(H,23,28). The first-order chi connectivity index (χ1) is 14.1. The summed E-state index contributed by atoms with van der Waals surface area (Å²) in [6.45, 7) is 0.865. The van der Waals surface area contributed by atoms with E-state index in [-0.39, 0.29) is 30.8 Å². The van der Waals surface area contributed by atoms with Gasteiger partial charge < -0.3 is 14.6 Å². The van der Waals surface area contributed by atoms with Crippen molar-refractivity contribution < 1.29 is 18.8 Å². The number of benzene rings is 1. The molecule has 2 heterocycles. The van der Waals surface area contributed by atoms with E-state index in [9.17, 15) is 14.4 Å². The SMILES string of the molecule is O=C(CCN1C(=O)NC2(CCCC2)C1=O)N(Cc1ccccc1)Cc1ccco1. The van der Waals surface area contributed by atoms with Gasteiger partial charge in [0.15, 0.2) is 0 Å². The maximum atomic E-state index is 13.0. The third-order valence-corrected chi connectivity index (χ3v) is 5.75. The zero-order valence-electron chi connectivity index (χ0n) is 16.3. The van der Waals surface area contributed by atoms with Crippen molar-refractivity contribution in [2.45, 2.75) is 50.7 Å². The number of furan rings is 1. The monoisotopic (exact) mass is 395 g/mol. The zero-order chi connectivity index (χ0) is 20.3. The Balaban J connectivity index is 1.42. The summed E-state index contributed by atoms with van der Waals surface area (Å²) in [5.74, 6) is 0.376. The van der Waals surface area contributed by atoms with E-state index in [0.717, 1.165) is 18.4 Å². The molecule has 1 saturated heterocycles. The number of nitrogens with zero attached hydrogens (tertiary/aromatic N) is 2. The van der Waals surface area contributed by atoms with Crippen LogP contribution in [0.1, 0.15) is 43.4 Å². The Morgan fingerprint density at radius 2 is 1.83 bits per heavy atom. The van der Waals surface area contributed by atoms with E-state index in [4.69, 9.17) is 4.42 Å². The third-order valence-electron chi connectivity index (χ3n) is 5.75. The molecule has 7 heteroatoms. The Morgan fingerprint density at radius 1 is 1.07 bits per heavy atom. The molecule has 2 aliphatic rings. The average molecular weight is 395 g/mol. The molecule has 4 rings (SSSR count). The van der Waals surface area contributed by atoms with Gasteiger partial charge in [0.1, 0.15) is 11.3 Å². The molecule has 1 aliphatic heterocycles. The van der Waals surface area contributed by atoms with Crippen LogP contribution >= 0.6 is 0 Å². The van der Waals surface area contributed by atoms with Crippen LogP contribution in [0, 0.1) is 0 Å². The molecule has 1 N–H and O–H groups in total. The summed E-state index contributed by atoms with van der Waals surface area (Å²) in [4.78, 5) is 41.0. The summed E-state index contributed by atoms with van der Waals surface area (Å²) in [5, 5.41) is 2.86. The van der Waals surface area contributed by atoms with E-state index in [1.165, 1.54) is 4.90 Å². The summed E-state index contributed by atoms with van der Waals surface area (Å²) in [5.41, 5.74) is 0.269. The van der Waals surface area contributed by atoms with Gasteiger partial charge >= 0.3 is 6.03 Å². The predicted octanol–water partition coefficient (Wildman–Crippen LogP) is 3.06. The van der Waals surface area contributed by atoms with E-state index in [2.05, 4.69) is 5.32 Å². The summed E-state index contributed by atoms with van der Waals surface area (Å²) < 4.78 is 5.40. The summed E-state index contributed by atoms with van der Waals surface area (Å²) >= 11 is 0. The van der Waals surface area contributed by atoms with Crippen molar-refractivity contribution in [1.29, 1.82) is 0 Å². The maximum absolute atomic E-state index is 13.0. The smallest absolute Gasteiger partial charge is 0.325 e. The molecule has 1 aliphatic carbocycles. The highest BCUT2D eigenvalue weighted by Gasteiger charge is 2.52. The van der Waals surface area contributed by atoms with Crippen molar-refractivity contribution in [3.63, 3.8) is 0 Å².